The molecule has 0 fully saturated rings. The fourth-order valence-electron chi connectivity index (χ4n) is 3.89. The van der Waals surface area contributed by atoms with Crippen LogP contribution in [-0.4, -0.2) is 48.7 Å². The maximum Gasteiger partial charge on any atom is 0.236 e. The lowest BCUT2D eigenvalue weighted by molar-refractivity contribution is 0.294. The van der Waals surface area contributed by atoms with E-state index >= 15 is 0 Å². The maximum absolute atomic E-state index is 12.6. The molecule has 2 unspecified atom stereocenters. The Labute approximate surface area is 216 Å². The number of sulfonamides is 1. The third kappa shape index (κ3) is 5.97. The Kier molecular flexibility index (Phi) is 8.44. The van der Waals surface area contributed by atoms with Crippen molar-refractivity contribution in [3.63, 3.8) is 0 Å². The number of rotatable bonds is 11. The predicted octanol–water partition coefficient (Wildman–Crippen LogP) is 4.32. The van der Waals surface area contributed by atoms with E-state index in [-0.39, 0.29) is 23.5 Å². The Bertz CT molecular complexity index is 1290. The molecule has 190 valence electrons. The highest BCUT2D eigenvalue weighted by Crippen LogP contribution is 2.46. The van der Waals surface area contributed by atoms with Gasteiger partial charge in [-0.2, -0.15) is 0 Å². The molecule has 0 amide bonds. The maximum atomic E-state index is 12.6. The lowest BCUT2D eigenvalue weighted by Crippen LogP contribution is -2.30. The van der Waals surface area contributed by atoms with Gasteiger partial charge in [-0.3, -0.25) is 4.99 Å². The van der Waals surface area contributed by atoms with E-state index in [4.69, 9.17) is 14.7 Å². The Morgan fingerprint density at radius 3 is 2.75 bits per heavy atom. The molecule has 2 aromatic rings. The number of hydrogen-bond donors (Lipinski definition) is 2. The number of aromatic nitrogens is 2. The van der Waals surface area contributed by atoms with Crippen LogP contribution in [0, 0.1) is 0 Å². The van der Waals surface area contributed by atoms with E-state index in [0.29, 0.717) is 24.7 Å². The standard InChI is InChI=1S/C25H30N6O3S2/c1-4-20(11-10-18(2)34-3)36(32,33)28-15-14-27-24-26-13-12-21(29-24)23-22(19-8-6-5-7-9-19)30-25-31(23)16-17-35-25/h5-13,16-17,22-23,28H,4,14-15H2,1-3H3,(H,26,27,29)/b18-10+,20-11+. The van der Waals surface area contributed by atoms with Crippen molar-refractivity contribution in [1.82, 2.24) is 19.6 Å². The van der Waals surface area contributed by atoms with Crippen LogP contribution >= 0.6 is 11.8 Å². The summed E-state index contributed by atoms with van der Waals surface area (Å²) in [5, 5.41) is 6.10. The molecule has 36 heavy (non-hydrogen) atoms. The largest absolute Gasteiger partial charge is 0.501 e. The summed E-state index contributed by atoms with van der Waals surface area (Å²) in [5.74, 6) is 1.07. The summed E-state index contributed by atoms with van der Waals surface area (Å²) in [6.07, 6.45) is 7.32. The summed E-state index contributed by atoms with van der Waals surface area (Å²) in [6.45, 7) is 4.09. The minimum atomic E-state index is -3.60. The highest BCUT2D eigenvalue weighted by Gasteiger charge is 2.40. The Balaban J connectivity index is 1.41. The van der Waals surface area contributed by atoms with Crippen molar-refractivity contribution in [1.29, 1.82) is 0 Å². The summed E-state index contributed by atoms with van der Waals surface area (Å²) in [7, 11) is -2.06. The summed E-state index contributed by atoms with van der Waals surface area (Å²) in [5.41, 5.74) is 1.96. The van der Waals surface area contributed by atoms with Crippen LogP contribution in [0.4, 0.5) is 5.95 Å². The fraction of sp³-hybridized carbons (Fsp3) is 0.320. The van der Waals surface area contributed by atoms with Crippen LogP contribution in [0.25, 0.3) is 0 Å². The second kappa shape index (κ2) is 11.7. The lowest BCUT2D eigenvalue weighted by Gasteiger charge is -2.25. The molecule has 2 atom stereocenters. The third-order valence-electron chi connectivity index (χ3n) is 5.81. The Hall–Kier alpha value is -3.15. The predicted molar refractivity (Wildman–Crippen MR) is 145 cm³/mol. The summed E-state index contributed by atoms with van der Waals surface area (Å²) in [4.78, 5) is 16.4. The summed E-state index contributed by atoms with van der Waals surface area (Å²) < 4.78 is 33.0. The SMILES string of the molecule is CC/C(=C\C=C(/C)OC)S(=O)(=O)NCCNc1nccc(C2C(c3ccccc3)N=C3SC=CN32)n1. The van der Waals surface area contributed by atoms with Gasteiger partial charge in [-0.05, 0) is 42.5 Å². The van der Waals surface area contributed by atoms with Gasteiger partial charge in [0.25, 0.3) is 0 Å². The average molecular weight is 527 g/mol. The monoisotopic (exact) mass is 526 g/mol. The molecular weight excluding hydrogens is 496 g/mol. The molecule has 2 N–H and O–H groups in total. The smallest absolute Gasteiger partial charge is 0.236 e. The number of hydrogen-bond acceptors (Lipinski definition) is 9. The van der Waals surface area contributed by atoms with Crippen LogP contribution in [0.15, 0.2) is 82.0 Å². The number of amidine groups is 1. The fourth-order valence-corrected chi connectivity index (χ4v) is 5.86. The number of methoxy groups -OCH3 is 1. The van der Waals surface area contributed by atoms with Gasteiger partial charge >= 0.3 is 0 Å². The van der Waals surface area contributed by atoms with E-state index in [0.717, 1.165) is 16.4 Å². The first-order chi connectivity index (χ1) is 17.4. The molecule has 0 spiro atoms. The van der Waals surface area contributed by atoms with Crippen LogP contribution in [0.2, 0.25) is 0 Å². The summed E-state index contributed by atoms with van der Waals surface area (Å²) in [6, 6.07) is 11.9. The normalized spacial score (nSPS) is 19.9. The van der Waals surface area contributed by atoms with Gasteiger partial charge in [0.05, 0.1) is 23.5 Å². The zero-order chi connectivity index (χ0) is 25.5. The van der Waals surface area contributed by atoms with Gasteiger partial charge in [0.1, 0.15) is 12.1 Å². The molecule has 0 saturated heterocycles. The lowest BCUT2D eigenvalue weighted by atomic mass is 9.97. The first-order valence-corrected chi connectivity index (χ1v) is 14.0. The van der Waals surface area contributed by atoms with Crippen LogP contribution in [0.3, 0.4) is 0 Å². The van der Waals surface area contributed by atoms with Gasteiger partial charge in [-0.15, -0.1) is 0 Å². The molecule has 2 aliphatic heterocycles. The van der Waals surface area contributed by atoms with Gasteiger partial charge in [0, 0.05) is 25.5 Å². The molecule has 1 aromatic heterocycles. The van der Waals surface area contributed by atoms with Gasteiger partial charge < -0.3 is 15.0 Å². The number of thioether (sulfide) groups is 1. The molecule has 9 nitrogen and oxygen atoms in total. The molecule has 2 aliphatic rings. The Morgan fingerprint density at radius 1 is 1.19 bits per heavy atom. The Morgan fingerprint density at radius 2 is 2.00 bits per heavy atom. The molecule has 0 saturated carbocycles. The second-order valence-electron chi connectivity index (χ2n) is 8.12. The molecular formula is C25H30N6O3S2. The van der Waals surface area contributed by atoms with Crippen LogP contribution < -0.4 is 10.0 Å². The van der Waals surface area contributed by atoms with Gasteiger partial charge in [-0.1, -0.05) is 49.0 Å². The van der Waals surface area contributed by atoms with Crippen LogP contribution in [0.5, 0.6) is 0 Å². The third-order valence-corrected chi connectivity index (χ3v) is 8.29. The number of anilines is 1. The van der Waals surface area contributed by atoms with Gasteiger partial charge in [0.15, 0.2) is 5.17 Å². The summed E-state index contributed by atoms with van der Waals surface area (Å²) >= 11 is 1.60. The zero-order valence-electron chi connectivity index (χ0n) is 20.5. The second-order valence-corrected chi connectivity index (χ2v) is 10.8. The van der Waals surface area contributed by atoms with E-state index in [2.05, 4.69) is 32.1 Å². The quantitative estimate of drug-likeness (QED) is 0.253. The number of benzene rings is 1. The number of ether oxygens (including phenoxy) is 1. The minimum absolute atomic E-state index is 0.0803. The number of fused-ring (bicyclic) bond motifs is 1. The molecule has 11 heteroatoms. The van der Waals surface area contributed by atoms with Crippen LogP contribution in [0.1, 0.15) is 43.6 Å². The highest BCUT2D eigenvalue weighted by molar-refractivity contribution is 8.16. The molecule has 0 radical (unpaired) electrons. The highest BCUT2D eigenvalue weighted by atomic mass is 32.2. The first kappa shape index (κ1) is 25.9. The molecule has 1 aromatic carbocycles. The van der Waals surface area contributed by atoms with Gasteiger partial charge in [0.2, 0.25) is 16.0 Å². The molecule has 0 bridgehead atoms. The van der Waals surface area contributed by atoms with Crippen molar-refractivity contribution in [2.24, 2.45) is 4.99 Å². The van der Waals surface area contributed by atoms with E-state index in [1.54, 1.807) is 51.1 Å². The van der Waals surface area contributed by atoms with Crippen molar-refractivity contribution in [3.8, 4) is 0 Å². The number of aliphatic imine (C=N–C) groups is 1. The zero-order valence-corrected chi connectivity index (χ0v) is 22.1. The van der Waals surface area contributed by atoms with Crippen molar-refractivity contribution in [2.45, 2.75) is 32.4 Å². The topological polar surface area (TPSA) is 109 Å². The average Bonchev–Trinajstić information content (AvgIpc) is 3.49. The number of allylic oxidation sites excluding steroid dienone is 4. The van der Waals surface area contributed by atoms with Crippen LogP contribution in [-0.2, 0) is 14.8 Å². The van der Waals surface area contributed by atoms with Crippen molar-refractivity contribution in [3.05, 3.63) is 88.3 Å². The molecule has 4 rings (SSSR count). The van der Waals surface area contributed by atoms with E-state index in [9.17, 15) is 8.42 Å². The van der Waals surface area contributed by atoms with Crippen molar-refractivity contribution >= 4 is 32.9 Å². The van der Waals surface area contributed by atoms with E-state index in [1.165, 1.54) is 0 Å². The number of nitrogens with one attached hydrogen (secondary N) is 2. The van der Waals surface area contributed by atoms with Gasteiger partial charge in [-0.25, -0.2) is 23.1 Å². The number of nitrogens with zero attached hydrogens (tertiary/aromatic N) is 4. The minimum Gasteiger partial charge on any atom is -0.501 e. The van der Waals surface area contributed by atoms with Crippen molar-refractivity contribution in [2.75, 3.05) is 25.5 Å². The van der Waals surface area contributed by atoms with E-state index < -0.39 is 10.0 Å². The van der Waals surface area contributed by atoms with E-state index in [1.807, 2.05) is 35.9 Å². The first-order valence-electron chi connectivity index (χ1n) is 11.6. The molecule has 3 heterocycles. The molecule has 0 aliphatic carbocycles. The van der Waals surface area contributed by atoms with Crippen molar-refractivity contribution < 1.29 is 13.2 Å².